The number of hydrogen-bond donors (Lipinski definition) is 1. The van der Waals surface area contributed by atoms with Crippen molar-refractivity contribution in [2.45, 2.75) is 19.4 Å². The summed E-state index contributed by atoms with van der Waals surface area (Å²) in [4.78, 5) is 51.7. The molecular formula is C23H19N3O5. The lowest BCUT2D eigenvalue weighted by Gasteiger charge is -2.24. The van der Waals surface area contributed by atoms with Crippen LogP contribution in [0, 0.1) is 11.3 Å². The van der Waals surface area contributed by atoms with E-state index in [9.17, 15) is 19.2 Å². The lowest BCUT2D eigenvalue weighted by molar-refractivity contribution is -0.151. The molecule has 31 heavy (non-hydrogen) atoms. The normalized spacial score (nSPS) is 14.4. The Kier molecular flexibility index (Phi) is 6.26. The van der Waals surface area contributed by atoms with Crippen LogP contribution in [0.4, 0.5) is 0 Å². The zero-order chi connectivity index (χ0) is 22.5. The van der Waals surface area contributed by atoms with Crippen LogP contribution in [-0.4, -0.2) is 41.1 Å². The molecule has 0 unspecified atom stereocenters. The maximum absolute atomic E-state index is 12.9. The van der Waals surface area contributed by atoms with Gasteiger partial charge in [-0.25, -0.2) is 4.79 Å². The average molecular weight is 417 g/mol. The number of carbonyl (C=O) groups excluding carboxylic acids is 4. The Labute approximate surface area is 178 Å². The summed E-state index contributed by atoms with van der Waals surface area (Å²) in [6.45, 7) is 0.653. The topological polar surface area (TPSA) is 131 Å². The van der Waals surface area contributed by atoms with E-state index in [0.717, 1.165) is 4.90 Å². The fourth-order valence-electron chi connectivity index (χ4n) is 3.28. The van der Waals surface area contributed by atoms with Gasteiger partial charge in [-0.15, -0.1) is 0 Å². The summed E-state index contributed by atoms with van der Waals surface area (Å²) in [7, 11) is 0. The van der Waals surface area contributed by atoms with Crippen LogP contribution in [0.2, 0.25) is 0 Å². The first-order chi connectivity index (χ1) is 14.8. The van der Waals surface area contributed by atoms with Gasteiger partial charge >= 0.3 is 5.97 Å². The molecule has 2 amide bonds. The number of esters is 1. The van der Waals surface area contributed by atoms with E-state index in [4.69, 9.17) is 15.7 Å². The van der Waals surface area contributed by atoms with Gasteiger partial charge in [0.05, 0.1) is 11.1 Å². The quantitative estimate of drug-likeness (QED) is 0.314. The molecule has 8 nitrogen and oxygen atoms in total. The zero-order valence-electron chi connectivity index (χ0n) is 16.7. The Morgan fingerprint density at radius 3 is 2.10 bits per heavy atom. The second-order valence-corrected chi connectivity index (χ2v) is 6.93. The maximum atomic E-state index is 12.9. The van der Waals surface area contributed by atoms with Gasteiger partial charge in [-0.3, -0.25) is 19.3 Å². The van der Waals surface area contributed by atoms with Gasteiger partial charge in [0.15, 0.2) is 6.61 Å². The molecule has 1 atom stereocenters. The maximum Gasteiger partial charge on any atom is 0.330 e. The molecule has 156 valence electrons. The molecule has 0 spiro atoms. The fourth-order valence-corrected chi connectivity index (χ4v) is 3.28. The number of ether oxygens (including phenoxy) is 1. The van der Waals surface area contributed by atoms with Crippen molar-refractivity contribution in [3.63, 3.8) is 0 Å². The van der Waals surface area contributed by atoms with Crippen LogP contribution in [0.25, 0.3) is 0 Å². The van der Waals surface area contributed by atoms with Gasteiger partial charge in [0.2, 0.25) is 5.78 Å². The monoisotopic (exact) mass is 417 g/mol. The number of fused-ring (bicyclic) bond motifs is 1. The standard InChI is InChI=1S/C23H19N3O5/c1-14(25)18(12-24)20(27)13-31-23(30)19(11-15-7-3-2-4-8-15)26-21(28)16-9-5-6-10-17(16)22(26)29/h2-10,19H,11,13,25H2,1H3/t19-/m0/s1. The summed E-state index contributed by atoms with van der Waals surface area (Å²) in [5.41, 5.74) is 6.28. The Balaban J connectivity index is 1.87. The van der Waals surface area contributed by atoms with E-state index >= 15 is 0 Å². The number of nitrogens with zero attached hydrogens (tertiary/aromatic N) is 2. The smallest absolute Gasteiger partial charge is 0.330 e. The molecule has 0 bridgehead atoms. The summed E-state index contributed by atoms with van der Waals surface area (Å²) in [5.74, 6) is -2.92. The van der Waals surface area contributed by atoms with Gasteiger partial charge in [0, 0.05) is 12.1 Å². The van der Waals surface area contributed by atoms with Gasteiger partial charge in [0.1, 0.15) is 17.7 Å². The molecule has 0 aromatic heterocycles. The molecule has 0 aliphatic carbocycles. The Hall–Kier alpha value is -4.25. The Bertz CT molecular complexity index is 1090. The SMILES string of the molecule is CC(N)=C(C#N)C(=O)COC(=O)[C@H](Cc1ccccc1)N1C(=O)c2ccccc2C1=O. The first kappa shape index (κ1) is 21.5. The third-order valence-electron chi connectivity index (χ3n) is 4.81. The first-order valence-electron chi connectivity index (χ1n) is 9.42. The first-order valence-corrected chi connectivity index (χ1v) is 9.42. The van der Waals surface area contributed by atoms with Crippen LogP contribution in [0.1, 0.15) is 33.2 Å². The average Bonchev–Trinajstić information content (AvgIpc) is 3.02. The van der Waals surface area contributed by atoms with Gasteiger partial charge in [-0.05, 0) is 24.6 Å². The van der Waals surface area contributed by atoms with Crippen molar-refractivity contribution in [2.75, 3.05) is 6.61 Å². The highest BCUT2D eigenvalue weighted by Gasteiger charge is 2.43. The van der Waals surface area contributed by atoms with Crippen molar-refractivity contribution in [3.8, 4) is 6.07 Å². The van der Waals surface area contributed by atoms with Crippen LogP contribution in [0.3, 0.4) is 0 Å². The lowest BCUT2D eigenvalue weighted by atomic mass is 10.0. The minimum absolute atomic E-state index is 0.00438. The number of amides is 2. The molecule has 0 fully saturated rings. The molecule has 1 aliphatic rings. The van der Waals surface area contributed by atoms with Crippen LogP contribution < -0.4 is 5.73 Å². The number of Topliss-reactive ketones (excluding diaryl/α,β-unsaturated/α-hetero) is 1. The van der Waals surface area contributed by atoms with Gasteiger partial charge in [0.25, 0.3) is 11.8 Å². The highest BCUT2D eigenvalue weighted by Crippen LogP contribution is 2.26. The highest BCUT2D eigenvalue weighted by atomic mass is 16.5. The Morgan fingerprint density at radius 2 is 1.58 bits per heavy atom. The molecule has 0 radical (unpaired) electrons. The number of ketones is 1. The van der Waals surface area contributed by atoms with Crippen LogP contribution in [-0.2, 0) is 20.7 Å². The molecule has 0 saturated carbocycles. The molecule has 1 aliphatic heterocycles. The van der Waals surface area contributed by atoms with Gasteiger partial charge in [-0.1, -0.05) is 42.5 Å². The van der Waals surface area contributed by atoms with E-state index in [2.05, 4.69) is 0 Å². The van der Waals surface area contributed by atoms with Crippen molar-refractivity contribution in [2.24, 2.45) is 5.73 Å². The number of allylic oxidation sites excluding steroid dienone is 1. The number of nitrogens with two attached hydrogens (primary N) is 1. The van der Waals surface area contributed by atoms with E-state index in [0.29, 0.717) is 5.56 Å². The molecule has 2 aromatic carbocycles. The molecule has 2 N–H and O–H groups in total. The van der Waals surface area contributed by atoms with E-state index in [1.165, 1.54) is 19.1 Å². The highest BCUT2D eigenvalue weighted by molar-refractivity contribution is 6.22. The fraction of sp³-hybridized carbons (Fsp3) is 0.174. The van der Waals surface area contributed by atoms with Gasteiger partial charge < -0.3 is 10.5 Å². The molecular weight excluding hydrogens is 398 g/mol. The molecule has 0 saturated heterocycles. The molecule has 2 aromatic rings. The summed E-state index contributed by atoms with van der Waals surface area (Å²) in [6, 6.07) is 15.5. The predicted molar refractivity (Wildman–Crippen MR) is 109 cm³/mol. The Morgan fingerprint density at radius 1 is 1.03 bits per heavy atom. The summed E-state index contributed by atoms with van der Waals surface area (Å²) in [5, 5.41) is 9.03. The largest absolute Gasteiger partial charge is 0.456 e. The summed E-state index contributed by atoms with van der Waals surface area (Å²) < 4.78 is 5.10. The number of benzene rings is 2. The number of imide groups is 1. The summed E-state index contributed by atoms with van der Waals surface area (Å²) >= 11 is 0. The van der Waals surface area contributed by atoms with Crippen molar-refractivity contribution in [1.29, 1.82) is 5.26 Å². The summed E-state index contributed by atoms with van der Waals surface area (Å²) in [6.07, 6.45) is 0.0101. The molecule has 8 heteroatoms. The number of rotatable bonds is 7. The second-order valence-electron chi connectivity index (χ2n) is 6.93. The van der Waals surface area contributed by atoms with Crippen LogP contribution >= 0.6 is 0 Å². The second kappa shape index (κ2) is 9.05. The minimum atomic E-state index is -1.28. The van der Waals surface area contributed by atoms with E-state index in [-0.39, 0.29) is 28.8 Å². The van der Waals surface area contributed by atoms with Crippen molar-refractivity contribution < 1.29 is 23.9 Å². The van der Waals surface area contributed by atoms with Gasteiger partial charge in [-0.2, -0.15) is 5.26 Å². The minimum Gasteiger partial charge on any atom is -0.456 e. The number of nitriles is 1. The van der Waals surface area contributed by atoms with Crippen LogP contribution in [0.15, 0.2) is 65.9 Å². The third-order valence-corrected chi connectivity index (χ3v) is 4.81. The third kappa shape index (κ3) is 4.36. The van der Waals surface area contributed by atoms with Crippen LogP contribution in [0.5, 0.6) is 0 Å². The van der Waals surface area contributed by atoms with Crippen molar-refractivity contribution in [3.05, 3.63) is 82.6 Å². The van der Waals surface area contributed by atoms with E-state index in [1.807, 2.05) is 0 Å². The molecule has 3 rings (SSSR count). The molecule has 1 heterocycles. The lowest BCUT2D eigenvalue weighted by Crippen LogP contribution is -2.47. The van der Waals surface area contributed by atoms with Crippen molar-refractivity contribution >= 4 is 23.6 Å². The zero-order valence-corrected chi connectivity index (χ0v) is 16.7. The van der Waals surface area contributed by atoms with E-state index < -0.39 is 36.2 Å². The predicted octanol–water partition coefficient (Wildman–Crippen LogP) is 1.76. The number of carbonyl (C=O) groups is 4. The number of hydrogen-bond acceptors (Lipinski definition) is 7. The van der Waals surface area contributed by atoms with E-state index in [1.54, 1.807) is 48.5 Å². The van der Waals surface area contributed by atoms with Crippen molar-refractivity contribution in [1.82, 2.24) is 4.90 Å².